The van der Waals surface area contributed by atoms with E-state index in [1.165, 1.54) is 11.9 Å². The molecule has 1 rings (SSSR count). The van der Waals surface area contributed by atoms with Gasteiger partial charge in [-0.1, -0.05) is 55.9 Å². The van der Waals surface area contributed by atoms with Crippen molar-refractivity contribution in [3.63, 3.8) is 0 Å². The highest BCUT2D eigenvalue weighted by Crippen LogP contribution is 2.24. The SMILES string of the molecule is CC(/C=C/CC(C)/C=C/C=C(\C)C(O)=C1C(=O)[C@H](C)N(C)C1=O)=C\C(C)C(O)C(=O)O. The predicted molar refractivity (Wildman–Crippen MR) is 119 cm³/mol. The first-order chi connectivity index (χ1) is 14.4. The summed E-state index contributed by atoms with van der Waals surface area (Å²) in [6.07, 6.45) is 10.2. The predicted octanol–water partition coefficient (Wildman–Crippen LogP) is 3.34. The quantitative estimate of drug-likeness (QED) is 0.223. The second kappa shape index (κ2) is 11.5. The van der Waals surface area contributed by atoms with Crippen LogP contribution in [0.25, 0.3) is 0 Å². The Bertz CT molecular complexity index is 839. The molecule has 0 aromatic heterocycles. The minimum atomic E-state index is -1.43. The number of aliphatic carboxylic acids is 1. The molecular weight excluding hydrogens is 398 g/mol. The van der Waals surface area contributed by atoms with E-state index >= 15 is 0 Å². The third-order valence-corrected chi connectivity index (χ3v) is 5.30. The van der Waals surface area contributed by atoms with Crippen molar-refractivity contribution in [3.8, 4) is 0 Å². The van der Waals surface area contributed by atoms with E-state index in [1.54, 1.807) is 39.0 Å². The second-order valence-electron chi connectivity index (χ2n) is 8.08. The minimum Gasteiger partial charge on any atom is -0.507 e. The number of likely N-dealkylation sites (tertiary alicyclic amines) is 1. The number of hydrogen-bond acceptors (Lipinski definition) is 5. The van der Waals surface area contributed by atoms with Gasteiger partial charge in [0, 0.05) is 13.0 Å². The van der Waals surface area contributed by atoms with Gasteiger partial charge in [-0.2, -0.15) is 0 Å². The lowest BCUT2D eigenvalue weighted by molar-refractivity contribution is -0.148. The number of likely N-dealkylation sites (N-methyl/N-ethyl adjacent to an activating group) is 1. The Balaban J connectivity index is 2.72. The molecule has 3 N–H and O–H groups in total. The zero-order valence-electron chi connectivity index (χ0n) is 19.0. The van der Waals surface area contributed by atoms with Crippen LogP contribution in [0.2, 0.25) is 0 Å². The minimum absolute atomic E-state index is 0.169. The van der Waals surface area contributed by atoms with Gasteiger partial charge >= 0.3 is 5.97 Å². The number of carbonyl (C=O) groups excluding carboxylic acids is 2. The normalized spacial score (nSPS) is 23.1. The summed E-state index contributed by atoms with van der Waals surface area (Å²) >= 11 is 0. The summed E-state index contributed by atoms with van der Waals surface area (Å²) in [5.74, 6) is -2.69. The molecule has 0 aliphatic carbocycles. The Kier molecular flexibility index (Phi) is 9.65. The van der Waals surface area contributed by atoms with Crippen molar-refractivity contribution in [3.05, 3.63) is 58.9 Å². The molecule has 0 radical (unpaired) electrons. The number of aliphatic hydroxyl groups excluding tert-OH is 2. The molecule has 0 aromatic rings. The molecule has 0 saturated carbocycles. The maximum atomic E-state index is 12.2. The van der Waals surface area contributed by atoms with Crippen molar-refractivity contribution in [1.29, 1.82) is 0 Å². The number of Topliss-reactive ketones (excluding diaryl/α,β-unsaturated/α-hetero) is 1. The Labute approximate surface area is 183 Å². The summed E-state index contributed by atoms with van der Waals surface area (Å²) in [7, 11) is 1.53. The van der Waals surface area contributed by atoms with Crippen LogP contribution in [-0.2, 0) is 14.4 Å². The number of hydrogen-bond donors (Lipinski definition) is 3. The van der Waals surface area contributed by atoms with Gasteiger partial charge in [0.2, 0.25) is 0 Å². The molecule has 170 valence electrons. The fourth-order valence-corrected chi connectivity index (χ4v) is 3.06. The van der Waals surface area contributed by atoms with E-state index in [0.717, 1.165) is 12.0 Å². The number of carboxylic acid groups (broad SMARTS) is 1. The summed E-state index contributed by atoms with van der Waals surface area (Å²) in [6.45, 7) is 8.77. The molecule has 31 heavy (non-hydrogen) atoms. The number of carbonyl (C=O) groups is 3. The van der Waals surface area contributed by atoms with E-state index in [9.17, 15) is 24.6 Å². The molecule has 4 atom stereocenters. The fourth-order valence-electron chi connectivity index (χ4n) is 3.06. The lowest BCUT2D eigenvalue weighted by Gasteiger charge is -2.11. The van der Waals surface area contributed by atoms with Gasteiger partial charge in [0.1, 0.15) is 11.3 Å². The smallest absolute Gasteiger partial charge is 0.333 e. The Morgan fingerprint density at radius 3 is 2.32 bits per heavy atom. The molecule has 7 heteroatoms. The van der Waals surface area contributed by atoms with E-state index in [2.05, 4.69) is 0 Å². The summed E-state index contributed by atoms with van der Waals surface area (Å²) in [5.41, 5.74) is 1.13. The topological polar surface area (TPSA) is 115 Å². The van der Waals surface area contributed by atoms with Crippen LogP contribution in [0.1, 0.15) is 41.0 Å². The van der Waals surface area contributed by atoms with Gasteiger partial charge in [0.05, 0.1) is 6.04 Å². The van der Waals surface area contributed by atoms with Crippen LogP contribution in [0.5, 0.6) is 0 Å². The zero-order chi connectivity index (χ0) is 23.9. The standard InChI is InChI=1S/C24H33NO6/c1-14(9-7-11-15(2)13-17(4)21(27)24(30)31)10-8-12-16(3)20(26)19-22(28)18(5)25(6)23(19)29/h7-8,10-14,17-18,21,26-27H,9H2,1-6H3,(H,30,31)/b10-8+,11-7+,15-13+,16-12+,20-19?/t14?,17?,18-,21?/m0/s1. The Morgan fingerprint density at radius 1 is 1.19 bits per heavy atom. The number of nitrogens with zero attached hydrogens (tertiary/aromatic N) is 1. The van der Waals surface area contributed by atoms with Gasteiger partial charge in [0.15, 0.2) is 11.9 Å². The fraction of sp³-hybridized carbons (Fsp3) is 0.458. The van der Waals surface area contributed by atoms with Crippen LogP contribution in [0.15, 0.2) is 58.9 Å². The molecule has 7 nitrogen and oxygen atoms in total. The molecule has 1 aliphatic heterocycles. The van der Waals surface area contributed by atoms with Crippen LogP contribution in [0.3, 0.4) is 0 Å². The van der Waals surface area contributed by atoms with Gasteiger partial charge in [-0.05, 0) is 38.7 Å². The van der Waals surface area contributed by atoms with Crippen LogP contribution in [0.4, 0.5) is 0 Å². The van der Waals surface area contributed by atoms with Crippen LogP contribution >= 0.6 is 0 Å². The van der Waals surface area contributed by atoms with Crippen molar-refractivity contribution >= 4 is 17.7 Å². The number of ketones is 1. The molecular formula is C24H33NO6. The molecule has 3 unspecified atom stereocenters. The number of allylic oxidation sites excluding steroid dienone is 7. The van der Waals surface area contributed by atoms with Gasteiger partial charge in [-0.25, -0.2) is 4.79 Å². The van der Waals surface area contributed by atoms with E-state index < -0.39 is 29.9 Å². The second-order valence-corrected chi connectivity index (χ2v) is 8.08. The molecule has 0 bridgehead atoms. The highest BCUT2D eigenvalue weighted by molar-refractivity contribution is 6.26. The summed E-state index contributed by atoms with van der Waals surface area (Å²) in [4.78, 5) is 36.4. The van der Waals surface area contributed by atoms with E-state index in [-0.39, 0.29) is 23.0 Å². The summed E-state index contributed by atoms with van der Waals surface area (Å²) in [6, 6.07) is -0.576. The largest absolute Gasteiger partial charge is 0.507 e. The van der Waals surface area contributed by atoms with Gasteiger partial charge in [-0.15, -0.1) is 0 Å². The molecule has 0 spiro atoms. The van der Waals surface area contributed by atoms with Crippen molar-refractivity contribution in [2.24, 2.45) is 11.8 Å². The van der Waals surface area contributed by atoms with Gasteiger partial charge < -0.3 is 20.2 Å². The lowest BCUT2D eigenvalue weighted by Crippen LogP contribution is -2.28. The maximum Gasteiger partial charge on any atom is 0.333 e. The van der Waals surface area contributed by atoms with E-state index in [4.69, 9.17) is 5.11 Å². The maximum absolute atomic E-state index is 12.2. The zero-order valence-corrected chi connectivity index (χ0v) is 19.0. The molecule has 1 amide bonds. The van der Waals surface area contributed by atoms with Crippen LogP contribution < -0.4 is 0 Å². The van der Waals surface area contributed by atoms with Crippen molar-refractivity contribution in [1.82, 2.24) is 4.90 Å². The first-order valence-electron chi connectivity index (χ1n) is 10.2. The molecule has 1 saturated heterocycles. The van der Waals surface area contributed by atoms with Crippen molar-refractivity contribution in [2.75, 3.05) is 7.05 Å². The lowest BCUT2D eigenvalue weighted by atomic mass is 10.0. The number of aliphatic hydroxyl groups is 2. The molecule has 0 aromatic carbocycles. The van der Waals surface area contributed by atoms with Crippen molar-refractivity contribution < 1.29 is 29.7 Å². The number of amides is 1. The highest BCUT2D eigenvalue weighted by atomic mass is 16.4. The average molecular weight is 432 g/mol. The Hall–Kier alpha value is -2.93. The first-order valence-corrected chi connectivity index (χ1v) is 10.2. The Morgan fingerprint density at radius 2 is 1.81 bits per heavy atom. The van der Waals surface area contributed by atoms with E-state index in [1.807, 2.05) is 32.1 Å². The van der Waals surface area contributed by atoms with Gasteiger partial charge in [0.25, 0.3) is 5.91 Å². The van der Waals surface area contributed by atoms with Crippen LogP contribution in [-0.4, -0.2) is 57.1 Å². The summed E-state index contributed by atoms with van der Waals surface area (Å²) in [5, 5.41) is 28.7. The summed E-state index contributed by atoms with van der Waals surface area (Å²) < 4.78 is 0. The van der Waals surface area contributed by atoms with Crippen molar-refractivity contribution in [2.45, 2.75) is 53.2 Å². The molecule has 1 aliphatic rings. The highest BCUT2D eigenvalue weighted by Gasteiger charge is 2.40. The number of rotatable bonds is 9. The third kappa shape index (κ3) is 7.07. The van der Waals surface area contributed by atoms with E-state index in [0.29, 0.717) is 5.57 Å². The molecule has 1 heterocycles. The average Bonchev–Trinajstić information content (AvgIpc) is 2.89. The van der Waals surface area contributed by atoms with Crippen LogP contribution in [0, 0.1) is 11.8 Å². The first kappa shape index (κ1) is 26.1. The number of carboxylic acids is 1. The molecule has 1 fully saturated rings. The van der Waals surface area contributed by atoms with Gasteiger partial charge in [-0.3, -0.25) is 9.59 Å². The third-order valence-electron chi connectivity index (χ3n) is 5.30. The monoisotopic (exact) mass is 431 g/mol.